The molecule has 10 heteroatoms. The van der Waals surface area contributed by atoms with Gasteiger partial charge in [-0.25, -0.2) is 0 Å². The number of carboxylic acid groups (broad SMARTS) is 1. The fraction of sp³-hybridized carbons (Fsp3) is 0.917. The molecular formula is C12H22BF3N2O4. The number of carboxylic acids is 1. The lowest BCUT2D eigenvalue weighted by Crippen LogP contribution is -2.52. The number of alkyl halides is 3. The summed E-state index contributed by atoms with van der Waals surface area (Å²) in [7, 11) is -1.43. The van der Waals surface area contributed by atoms with Crippen molar-refractivity contribution in [2.24, 2.45) is 23.5 Å². The molecule has 0 aliphatic heterocycles. The molecule has 6 nitrogen and oxygen atoms in total. The first-order chi connectivity index (χ1) is 10.1. The second kappa shape index (κ2) is 8.14. The molecule has 0 saturated heterocycles. The van der Waals surface area contributed by atoms with E-state index in [0.717, 1.165) is 0 Å². The minimum Gasteiger partial charge on any atom is -0.481 e. The van der Waals surface area contributed by atoms with Crippen molar-refractivity contribution in [1.82, 2.24) is 5.32 Å². The predicted molar refractivity (Wildman–Crippen MR) is 73.6 cm³/mol. The maximum atomic E-state index is 12.2. The van der Waals surface area contributed by atoms with Crippen molar-refractivity contribution in [3.63, 3.8) is 0 Å². The smallest absolute Gasteiger partial charge is 0.451 e. The maximum Gasteiger partial charge on any atom is 0.451 e. The highest BCUT2D eigenvalue weighted by Gasteiger charge is 2.39. The lowest BCUT2D eigenvalue weighted by Gasteiger charge is -2.37. The van der Waals surface area contributed by atoms with E-state index in [9.17, 15) is 23.1 Å². The SMILES string of the molecule is NC(NCC(F)(F)F)[C@@H]1CCC(CCB(O)O)C[C@@H]1C(=O)O. The van der Waals surface area contributed by atoms with Gasteiger partial charge >= 0.3 is 19.3 Å². The molecule has 4 atom stereocenters. The summed E-state index contributed by atoms with van der Waals surface area (Å²) < 4.78 is 36.6. The third-order valence-electron chi connectivity index (χ3n) is 4.16. The van der Waals surface area contributed by atoms with Crippen LogP contribution in [0.5, 0.6) is 0 Å². The molecule has 0 aromatic carbocycles. The monoisotopic (exact) mass is 326 g/mol. The Hall–Kier alpha value is -0.835. The zero-order chi connectivity index (χ0) is 16.9. The van der Waals surface area contributed by atoms with Gasteiger partial charge in [-0.2, -0.15) is 13.2 Å². The van der Waals surface area contributed by atoms with Crippen LogP contribution in [0.2, 0.25) is 6.32 Å². The van der Waals surface area contributed by atoms with Crippen LogP contribution in [-0.4, -0.2) is 47.1 Å². The molecular weight excluding hydrogens is 304 g/mol. The van der Waals surface area contributed by atoms with Crippen LogP contribution in [0.3, 0.4) is 0 Å². The predicted octanol–water partition coefficient (Wildman–Crippen LogP) is 0.403. The van der Waals surface area contributed by atoms with Crippen LogP contribution in [-0.2, 0) is 4.79 Å². The molecule has 0 heterocycles. The van der Waals surface area contributed by atoms with Crippen LogP contribution < -0.4 is 11.1 Å². The molecule has 0 spiro atoms. The molecule has 1 saturated carbocycles. The van der Waals surface area contributed by atoms with Crippen molar-refractivity contribution in [2.45, 2.75) is 44.3 Å². The third kappa shape index (κ3) is 6.51. The van der Waals surface area contributed by atoms with Gasteiger partial charge in [-0.15, -0.1) is 0 Å². The second-order valence-electron chi connectivity index (χ2n) is 5.87. The third-order valence-corrected chi connectivity index (χ3v) is 4.16. The van der Waals surface area contributed by atoms with Crippen LogP contribution in [0.1, 0.15) is 25.7 Å². The van der Waals surface area contributed by atoms with E-state index in [1.54, 1.807) is 0 Å². The Bertz CT molecular complexity index is 371. The van der Waals surface area contributed by atoms with E-state index in [4.69, 9.17) is 15.8 Å². The van der Waals surface area contributed by atoms with Crippen molar-refractivity contribution in [2.75, 3.05) is 6.54 Å². The lowest BCUT2D eigenvalue weighted by molar-refractivity contribution is -0.147. The van der Waals surface area contributed by atoms with E-state index in [1.807, 2.05) is 0 Å². The summed E-state index contributed by atoms with van der Waals surface area (Å²) >= 11 is 0. The molecule has 1 aliphatic rings. The molecule has 6 N–H and O–H groups in total. The molecule has 1 aliphatic carbocycles. The Morgan fingerprint density at radius 2 is 2.00 bits per heavy atom. The molecule has 0 aromatic rings. The summed E-state index contributed by atoms with van der Waals surface area (Å²) in [5.41, 5.74) is 5.70. The average molecular weight is 326 g/mol. The fourth-order valence-corrected chi connectivity index (χ4v) is 3.03. The molecule has 0 aromatic heterocycles. The van der Waals surface area contributed by atoms with Gasteiger partial charge in [0.15, 0.2) is 0 Å². The van der Waals surface area contributed by atoms with Crippen LogP contribution >= 0.6 is 0 Å². The van der Waals surface area contributed by atoms with E-state index in [-0.39, 0.29) is 18.7 Å². The van der Waals surface area contributed by atoms with Crippen molar-refractivity contribution in [3.05, 3.63) is 0 Å². The van der Waals surface area contributed by atoms with Crippen LogP contribution in [0.25, 0.3) is 0 Å². The first-order valence-electron chi connectivity index (χ1n) is 7.25. The van der Waals surface area contributed by atoms with E-state index < -0.39 is 43.8 Å². The Morgan fingerprint density at radius 3 is 2.50 bits per heavy atom. The van der Waals surface area contributed by atoms with Gasteiger partial charge in [0.25, 0.3) is 0 Å². The van der Waals surface area contributed by atoms with E-state index >= 15 is 0 Å². The second-order valence-corrected chi connectivity index (χ2v) is 5.87. The summed E-state index contributed by atoms with van der Waals surface area (Å²) in [5.74, 6) is -2.47. The molecule has 0 bridgehead atoms. The largest absolute Gasteiger partial charge is 0.481 e. The molecule has 1 rings (SSSR count). The Labute approximate surface area is 127 Å². The highest BCUT2D eigenvalue weighted by atomic mass is 19.4. The van der Waals surface area contributed by atoms with Gasteiger partial charge in [-0.1, -0.05) is 12.8 Å². The zero-order valence-electron chi connectivity index (χ0n) is 12.1. The standard InChI is InChI=1S/C12H22BF3N2O4/c14-12(15,16)6-18-10(17)8-2-1-7(3-4-13(21)22)5-9(8)11(19)20/h7-10,18,21-22H,1-6,17H2,(H,19,20)/t7?,8-,9+,10?/m1/s1. The fourth-order valence-electron chi connectivity index (χ4n) is 3.03. The average Bonchev–Trinajstić information content (AvgIpc) is 2.41. The zero-order valence-corrected chi connectivity index (χ0v) is 12.1. The minimum atomic E-state index is -4.40. The first kappa shape index (κ1) is 19.2. The summed E-state index contributed by atoms with van der Waals surface area (Å²) in [6, 6.07) is 0. The van der Waals surface area contributed by atoms with Crippen molar-refractivity contribution >= 4 is 13.1 Å². The van der Waals surface area contributed by atoms with Crippen LogP contribution in [0, 0.1) is 17.8 Å². The maximum absolute atomic E-state index is 12.2. The topological polar surface area (TPSA) is 116 Å². The Kier molecular flexibility index (Phi) is 7.11. The van der Waals surface area contributed by atoms with Gasteiger partial charge < -0.3 is 20.9 Å². The van der Waals surface area contributed by atoms with E-state index in [0.29, 0.717) is 19.3 Å². The van der Waals surface area contributed by atoms with E-state index in [1.165, 1.54) is 0 Å². The van der Waals surface area contributed by atoms with Gasteiger partial charge in [-0.05, 0) is 25.1 Å². The molecule has 1 fully saturated rings. The van der Waals surface area contributed by atoms with E-state index in [2.05, 4.69) is 5.32 Å². The summed E-state index contributed by atoms with van der Waals surface area (Å²) in [6.07, 6.45) is -3.51. The van der Waals surface area contributed by atoms with Gasteiger partial charge in [0, 0.05) is 5.92 Å². The van der Waals surface area contributed by atoms with Gasteiger partial charge in [0.05, 0.1) is 18.6 Å². The van der Waals surface area contributed by atoms with Crippen molar-refractivity contribution < 1.29 is 33.1 Å². The molecule has 2 unspecified atom stereocenters. The highest BCUT2D eigenvalue weighted by Crippen LogP contribution is 2.37. The Balaban J connectivity index is 2.58. The lowest BCUT2D eigenvalue weighted by atomic mass is 9.69. The summed E-state index contributed by atoms with van der Waals surface area (Å²) in [4.78, 5) is 11.3. The minimum absolute atomic E-state index is 0.00830. The Morgan fingerprint density at radius 1 is 1.36 bits per heavy atom. The van der Waals surface area contributed by atoms with Gasteiger partial charge in [-0.3, -0.25) is 10.1 Å². The molecule has 22 heavy (non-hydrogen) atoms. The quantitative estimate of drug-likeness (QED) is 0.342. The first-order valence-corrected chi connectivity index (χ1v) is 7.25. The van der Waals surface area contributed by atoms with Gasteiger partial charge in [0.1, 0.15) is 0 Å². The number of aliphatic carboxylic acids is 1. The number of nitrogens with one attached hydrogen (secondary N) is 1. The molecule has 128 valence electrons. The highest BCUT2D eigenvalue weighted by molar-refractivity contribution is 6.40. The molecule has 0 amide bonds. The number of carbonyl (C=O) groups is 1. The summed E-state index contributed by atoms with van der Waals surface area (Å²) in [5, 5.41) is 29.1. The van der Waals surface area contributed by atoms with Crippen LogP contribution in [0.15, 0.2) is 0 Å². The van der Waals surface area contributed by atoms with Crippen molar-refractivity contribution in [3.8, 4) is 0 Å². The molecule has 0 radical (unpaired) electrons. The number of rotatable bonds is 7. The van der Waals surface area contributed by atoms with Crippen LogP contribution in [0.4, 0.5) is 13.2 Å². The number of hydrogen-bond acceptors (Lipinski definition) is 5. The van der Waals surface area contributed by atoms with Crippen molar-refractivity contribution in [1.29, 1.82) is 0 Å². The normalized spacial score (nSPS) is 27.5. The van der Waals surface area contributed by atoms with Gasteiger partial charge in [0.2, 0.25) is 0 Å². The number of nitrogens with two attached hydrogens (primary N) is 1. The summed E-state index contributed by atoms with van der Waals surface area (Å²) in [6.45, 7) is -1.25. The number of halogens is 3. The number of hydrogen-bond donors (Lipinski definition) is 5.